The normalized spacial score (nSPS) is 17.1. The van der Waals surface area contributed by atoms with Crippen LogP contribution in [0.1, 0.15) is 23.7 Å². The maximum Gasteiger partial charge on any atom is 0.307 e. The van der Waals surface area contributed by atoms with Crippen LogP contribution in [0.4, 0.5) is 10.8 Å². The predicted octanol–water partition coefficient (Wildman–Crippen LogP) is 6.89. The molecule has 0 bridgehead atoms. The van der Waals surface area contributed by atoms with E-state index in [9.17, 15) is 19.5 Å². The molecule has 0 spiro atoms. The summed E-state index contributed by atoms with van der Waals surface area (Å²) in [7, 11) is 0. The lowest BCUT2D eigenvalue weighted by Crippen LogP contribution is -2.34. The molecule has 4 aromatic rings. The van der Waals surface area contributed by atoms with Crippen molar-refractivity contribution in [1.82, 2.24) is 4.98 Å². The van der Waals surface area contributed by atoms with Crippen molar-refractivity contribution in [2.45, 2.75) is 23.0 Å². The summed E-state index contributed by atoms with van der Waals surface area (Å²) in [4.78, 5) is 43.5. The van der Waals surface area contributed by atoms with Crippen molar-refractivity contribution in [2.24, 2.45) is 11.8 Å². The van der Waals surface area contributed by atoms with Crippen LogP contribution in [0, 0.1) is 11.8 Å². The van der Waals surface area contributed by atoms with E-state index in [4.69, 9.17) is 0 Å². The number of aliphatic carboxylic acids is 1. The molecule has 1 aromatic heterocycles. The van der Waals surface area contributed by atoms with Crippen LogP contribution in [-0.4, -0.2) is 27.9 Å². The van der Waals surface area contributed by atoms with Crippen LogP contribution in [0.15, 0.2) is 107 Å². The Labute approximate surface area is 240 Å². The fraction of sp³-hybridized carbons (Fsp3) is 0.161. The van der Waals surface area contributed by atoms with Gasteiger partial charge in [-0.05, 0) is 36.6 Å². The number of benzene rings is 3. The van der Waals surface area contributed by atoms with Gasteiger partial charge in [0.05, 0.1) is 17.5 Å². The monoisotopic (exact) mass is 569 g/mol. The molecule has 3 atom stereocenters. The van der Waals surface area contributed by atoms with E-state index in [0.717, 1.165) is 21.7 Å². The van der Waals surface area contributed by atoms with Gasteiger partial charge in [-0.25, -0.2) is 4.98 Å². The van der Waals surface area contributed by atoms with Crippen LogP contribution in [-0.2, 0) is 14.4 Å². The Morgan fingerprint density at radius 1 is 0.875 bits per heavy atom. The molecule has 9 heteroatoms. The van der Waals surface area contributed by atoms with E-state index in [1.54, 1.807) is 18.2 Å². The van der Waals surface area contributed by atoms with Gasteiger partial charge >= 0.3 is 5.97 Å². The van der Waals surface area contributed by atoms with E-state index in [1.165, 1.54) is 23.1 Å². The molecule has 1 heterocycles. The highest BCUT2D eigenvalue weighted by atomic mass is 32.2. The lowest BCUT2D eigenvalue weighted by atomic mass is 9.82. The topological polar surface area (TPSA) is 108 Å². The highest BCUT2D eigenvalue weighted by molar-refractivity contribution is 8.00. The Kier molecular flexibility index (Phi) is 8.73. The van der Waals surface area contributed by atoms with Gasteiger partial charge in [0, 0.05) is 21.5 Å². The van der Waals surface area contributed by atoms with Crippen molar-refractivity contribution in [3.8, 4) is 11.3 Å². The molecule has 202 valence electrons. The Morgan fingerprint density at radius 2 is 1.57 bits per heavy atom. The second-order valence-electron chi connectivity index (χ2n) is 9.31. The predicted molar refractivity (Wildman–Crippen MR) is 159 cm³/mol. The minimum Gasteiger partial charge on any atom is -0.481 e. The molecule has 1 aliphatic rings. The number of thioether (sulfide) groups is 1. The number of allylic oxidation sites excluding steroid dienone is 2. The summed E-state index contributed by atoms with van der Waals surface area (Å²) in [5.74, 6) is -2.89. The number of carboxylic acids is 1. The van der Waals surface area contributed by atoms with Crippen molar-refractivity contribution in [3.63, 3.8) is 0 Å². The highest BCUT2D eigenvalue weighted by Gasteiger charge is 2.34. The van der Waals surface area contributed by atoms with Crippen molar-refractivity contribution in [2.75, 3.05) is 10.6 Å². The molecule has 1 aliphatic carbocycles. The molecular weight excluding hydrogens is 542 g/mol. The third kappa shape index (κ3) is 6.67. The third-order valence-corrected chi connectivity index (χ3v) is 8.59. The van der Waals surface area contributed by atoms with Gasteiger partial charge in [-0.2, -0.15) is 0 Å². The molecule has 3 aromatic carbocycles. The number of nitrogens with one attached hydrogen (secondary N) is 2. The van der Waals surface area contributed by atoms with Gasteiger partial charge < -0.3 is 15.7 Å². The third-order valence-electron chi connectivity index (χ3n) is 6.59. The SMILES string of the molecule is O=C(Nc1nc(-c2ccccc2)cs1)C(Sc1cccc(NC(=O)C2CC=CCC2C(=O)O)c1)c1ccccc1. The second-order valence-corrected chi connectivity index (χ2v) is 11.3. The molecule has 0 saturated heterocycles. The molecule has 0 radical (unpaired) electrons. The summed E-state index contributed by atoms with van der Waals surface area (Å²) < 4.78 is 0. The minimum atomic E-state index is -0.971. The van der Waals surface area contributed by atoms with E-state index in [1.807, 2.05) is 84.3 Å². The quantitative estimate of drug-likeness (QED) is 0.150. The Hall–Kier alpha value is -4.21. The van der Waals surface area contributed by atoms with Crippen molar-refractivity contribution in [3.05, 3.63) is 108 Å². The molecule has 0 saturated carbocycles. The maximum atomic E-state index is 13.5. The van der Waals surface area contributed by atoms with Crippen LogP contribution in [0.2, 0.25) is 0 Å². The average molecular weight is 570 g/mol. The van der Waals surface area contributed by atoms with Crippen LogP contribution in [0.25, 0.3) is 11.3 Å². The number of carbonyl (C=O) groups is 3. The lowest BCUT2D eigenvalue weighted by molar-refractivity contribution is -0.146. The fourth-order valence-electron chi connectivity index (χ4n) is 4.54. The number of hydrogen-bond donors (Lipinski definition) is 3. The maximum absolute atomic E-state index is 13.5. The largest absolute Gasteiger partial charge is 0.481 e. The zero-order valence-corrected chi connectivity index (χ0v) is 23.0. The standard InChI is InChI=1S/C31H27N3O4S2/c35-28(24-16-7-8-17-25(24)30(37)38)32-22-14-9-15-23(18-22)40-27(21-12-5-2-6-13-21)29(36)34-31-33-26(19-39-31)20-10-3-1-4-11-20/h1-15,18-19,24-25,27H,16-17H2,(H,32,35)(H,37,38)(H,33,34,36). The van der Waals surface area contributed by atoms with Crippen LogP contribution >= 0.6 is 23.1 Å². The smallest absolute Gasteiger partial charge is 0.307 e. The second kappa shape index (κ2) is 12.8. The average Bonchev–Trinajstić information content (AvgIpc) is 3.45. The molecule has 2 amide bonds. The number of aromatic nitrogens is 1. The summed E-state index contributed by atoms with van der Waals surface area (Å²) in [6.45, 7) is 0. The van der Waals surface area contributed by atoms with Crippen LogP contribution in [0.3, 0.4) is 0 Å². The molecule has 3 unspecified atom stereocenters. The number of carbonyl (C=O) groups excluding carboxylic acids is 2. The molecule has 7 nitrogen and oxygen atoms in total. The van der Waals surface area contributed by atoms with E-state index < -0.39 is 23.1 Å². The van der Waals surface area contributed by atoms with Crippen molar-refractivity contribution in [1.29, 1.82) is 0 Å². The molecule has 5 rings (SSSR count). The number of rotatable bonds is 9. The summed E-state index contributed by atoms with van der Waals surface area (Å²) in [6, 6.07) is 26.5. The first-order chi connectivity index (χ1) is 19.5. The van der Waals surface area contributed by atoms with Crippen LogP contribution < -0.4 is 10.6 Å². The zero-order valence-electron chi connectivity index (χ0n) is 21.4. The summed E-state index contributed by atoms with van der Waals surface area (Å²) in [6.07, 6.45) is 4.38. The Balaban J connectivity index is 1.32. The first kappa shape index (κ1) is 27.4. The van der Waals surface area contributed by atoms with E-state index in [0.29, 0.717) is 23.7 Å². The summed E-state index contributed by atoms with van der Waals surface area (Å²) in [5.41, 5.74) is 3.16. The summed E-state index contributed by atoms with van der Waals surface area (Å²) >= 11 is 2.73. The number of carboxylic acid groups (broad SMARTS) is 1. The van der Waals surface area contributed by atoms with Gasteiger partial charge in [-0.15, -0.1) is 23.1 Å². The first-order valence-electron chi connectivity index (χ1n) is 12.8. The van der Waals surface area contributed by atoms with Gasteiger partial charge in [0.25, 0.3) is 0 Å². The number of anilines is 2. The van der Waals surface area contributed by atoms with Gasteiger partial charge in [0.15, 0.2) is 5.13 Å². The Bertz CT molecular complexity index is 1520. The summed E-state index contributed by atoms with van der Waals surface area (Å²) in [5, 5.41) is 17.2. The fourth-order valence-corrected chi connectivity index (χ4v) is 6.35. The van der Waals surface area contributed by atoms with Crippen molar-refractivity contribution < 1.29 is 19.5 Å². The molecule has 0 aliphatic heterocycles. The van der Waals surface area contributed by atoms with E-state index in [2.05, 4.69) is 15.6 Å². The minimum absolute atomic E-state index is 0.210. The number of nitrogens with zero attached hydrogens (tertiary/aromatic N) is 1. The molecule has 3 N–H and O–H groups in total. The van der Waals surface area contributed by atoms with E-state index >= 15 is 0 Å². The lowest BCUT2D eigenvalue weighted by Gasteiger charge is -2.24. The number of hydrogen-bond acceptors (Lipinski definition) is 6. The Morgan fingerprint density at radius 3 is 2.30 bits per heavy atom. The molecule has 40 heavy (non-hydrogen) atoms. The van der Waals surface area contributed by atoms with Crippen molar-refractivity contribution >= 4 is 51.7 Å². The number of amides is 2. The molecule has 0 fully saturated rings. The number of thiazole rings is 1. The van der Waals surface area contributed by atoms with Gasteiger partial charge in [0.2, 0.25) is 11.8 Å². The molecular formula is C31H27N3O4S2. The van der Waals surface area contributed by atoms with Gasteiger partial charge in [0.1, 0.15) is 5.25 Å². The van der Waals surface area contributed by atoms with Gasteiger partial charge in [-0.1, -0.05) is 78.9 Å². The van der Waals surface area contributed by atoms with Gasteiger partial charge in [-0.3, -0.25) is 14.4 Å². The first-order valence-corrected chi connectivity index (χ1v) is 14.6. The zero-order chi connectivity index (χ0) is 27.9. The highest BCUT2D eigenvalue weighted by Crippen LogP contribution is 2.38. The van der Waals surface area contributed by atoms with Crippen LogP contribution in [0.5, 0.6) is 0 Å². The van der Waals surface area contributed by atoms with E-state index in [-0.39, 0.29) is 11.8 Å².